The van der Waals surface area contributed by atoms with Gasteiger partial charge in [0, 0.05) is 13.5 Å². The van der Waals surface area contributed by atoms with Crippen molar-refractivity contribution in [2.24, 2.45) is 0 Å². The number of fused-ring (bicyclic) bond motifs is 2. The van der Waals surface area contributed by atoms with Crippen molar-refractivity contribution in [3.05, 3.63) is 63.5 Å². The summed E-state index contributed by atoms with van der Waals surface area (Å²) in [6.45, 7) is 3.12. The summed E-state index contributed by atoms with van der Waals surface area (Å²) in [5.74, 6) is -4.12. The van der Waals surface area contributed by atoms with E-state index in [0.29, 0.717) is 17.7 Å². The Balaban J connectivity index is 1.70. The van der Waals surface area contributed by atoms with Crippen LogP contribution in [0.2, 0.25) is 0 Å². The number of hydrogen-bond donors (Lipinski definition) is 1. The van der Waals surface area contributed by atoms with Gasteiger partial charge in [0.25, 0.3) is 17.7 Å². The lowest BCUT2D eigenvalue weighted by atomic mass is 9.93. The minimum absolute atomic E-state index is 0.0279. The quantitative estimate of drug-likeness (QED) is 0.806. The van der Waals surface area contributed by atoms with E-state index in [9.17, 15) is 22.8 Å². The summed E-state index contributed by atoms with van der Waals surface area (Å²) in [6.07, 6.45) is -0.0909. The van der Waals surface area contributed by atoms with Gasteiger partial charge in [0.1, 0.15) is 18.2 Å². The molecule has 164 valence electrons. The zero-order chi connectivity index (χ0) is 22.5. The second-order valence-electron chi connectivity index (χ2n) is 8.19. The minimum Gasteiger partial charge on any atom is -0.490 e. The Labute approximate surface area is 178 Å². The smallest absolute Gasteiger partial charge is 0.267 e. The zero-order valence-corrected chi connectivity index (χ0v) is 17.5. The maximum atomic E-state index is 14.4. The third-order valence-electron chi connectivity index (χ3n) is 6.14. The molecule has 2 amide bonds. The molecule has 4 rings (SSSR count). The second-order valence-corrected chi connectivity index (χ2v) is 8.19. The first-order valence-electron chi connectivity index (χ1n) is 10.1. The van der Waals surface area contributed by atoms with E-state index in [1.54, 1.807) is 12.1 Å². The monoisotopic (exact) mass is 432 g/mol. The maximum absolute atomic E-state index is 14.4. The van der Waals surface area contributed by atoms with Gasteiger partial charge in [0.05, 0.1) is 23.7 Å². The lowest BCUT2D eigenvalue weighted by molar-refractivity contribution is 0.0113. The van der Waals surface area contributed by atoms with Crippen LogP contribution in [0.5, 0.6) is 5.75 Å². The lowest BCUT2D eigenvalue weighted by Gasteiger charge is -2.20. The van der Waals surface area contributed by atoms with E-state index in [0.717, 1.165) is 16.7 Å². The van der Waals surface area contributed by atoms with Crippen molar-refractivity contribution < 1.29 is 27.5 Å². The summed E-state index contributed by atoms with van der Waals surface area (Å²) in [5.41, 5.74) is 3.24. The molecular weight excluding hydrogens is 409 g/mol. The number of hydrogen-bond acceptors (Lipinski definition) is 3. The molecule has 2 aliphatic rings. The molecule has 5 nitrogen and oxygen atoms in total. The third-order valence-corrected chi connectivity index (χ3v) is 6.14. The van der Waals surface area contributed by atoms with Gasteiger partial charge in [-0.15, -0.1) is 0 Å². The number of amides is 2. The molecule has 0 radical (unpaired) electrons. The topological polar surface area (TPSA) is 58.6 Å². The van der Waals surface area contributed by atoms with Crippen molar-refractivity contribution in [2.75, 3.05) is 20.2 Å². The average molecular weight is 432 g/mol. The number of rotatable bonds is 3. The molecule has 0 spiro atoms. The highest BCUT2D eigenvalue weighted by atomic mass is 19.3. The van der Waals surface area contributed by atoms with Gasteiger partial charge in [-0.3, -0.25) is 9.59 Å². The fourth-order valence-electron chi connectivity index (χ4n) is 4.32. The molecule has 0 unspecified atom stereocenters. The lowest BCUT2D eigenvalue weighted by Crippen LogP contribution is -2.37. The van der Waals surface area contributed by atoms with Gasteiger partial charge < -0.3 is 15.0 Å². The highest BCUT2D eigenvalue weighted by molar-refractivity contribution is 5.98. The van der Waals surface area contributed by atoms with E-state index < -0.39 is 42.6 Å². The SMILES string of the molecule is CNC(=O)c1ccc(Cc2cc3c(c(C)c2C)OC[C@H]2CC(F)(F)CN2C3=O)cc1F. The molecule has 31 heavy (non-hydrogen) atoms. The van der Waals surface area contributed by atoms with Crippen LogP contribution < -0.4 is 10.1 Å². The summed E-state index contributed by atoms with van der Waals surface area (Å²) in [5, 5.41) is 2.39. The molecule has 1 atom stereocenters. The number of alkyl halides is 2. The zero-order valence-electron chi connectivity index (χ0n) is 17.5. The number of carbonyl (C=O) groups is 2. The molecule has 2 heterocycles. The molecule has 0 bridgehead atoms. The first-order chi connectivity index (χ1) is 14.6. The molecule has 0 aliphatic carbocycles. The number of ether oxygens (including phenoxy) is 1. The van der Waals surface area contributed by atoms with Gasteiger partial charge >= 0.3 is 0 Å². The van der Waals surface area contributed by atoms with Gasteiger partial charge in [-0.1, -0.05) is 6.07 Å². The van der Waals surface area contributed by atoms with E-state index in [1.807, 2.05) is 13.8 Å². The van der Waals surface area contributed by atoms with Gasteiger partial charge in [-0.2, -0.15) is 0 Å². The van der Waals surface area contributed by atoms with Gasteiger partial charge in [-0.05, 0) is 60.7 Å². The van der Waals surface area contributed by atoms with Crippen molar-refractivity contribution in [3.8, 4) is 5.75 Å². The normalized spacial score (nSPS) is 19.4. The molecule has 1 fully saturated rings. The number of carbonyl (C=O) groups excluding carboxylic acids is 2. The predicted molar refractivity (Wildman–Crippen MR) is 108 cm³/mol. The van der Waals surface area contributed by atoms with Crippen molar-refractivity contribution in [1.82, 2.24) is 10.2 Å². The van der Waals surface area contributed by atoms with E-state index in [-0.39, 0.29) is 17.7 Å². The van der Waals surface area contributed by atoms with E-state index >= 15 is 0 Å². The van der Waals surface area contributed by atoms with Crippen molar-refractivity contribution in [3.63, 3.8) is 0 Å². The highest BCUT2D eigenvalue weighted by Crippen LogP contribution is 2.39. The number of nitrogens with one attached hydrogen (secondary N) is 1. The van der Waals surface area contributed by atoms with Crippen molar-refractivity contribution in [1.29, 1.82) is 0 Å². The summed E-state index contributed by atoms with van der Waals surface area (Å²) in [4.78, 5) is 26.0. The van der Waals surface area contributed by atoms with Crippen LogP contribution in [0.1, 0.15) is 49.4 Å². The Hall–Kier alpha value is -3.03. The number of benzene rings is 2. The molecular formula is C23H23F3N2O3. The molecule has 1 saturated heterocycles. The molecule has 2 aromatic carbocycles. The Morgan fingerprint density at radius 2 is 2.00 bits per heavy atom. The molecule has 0 saturated carbocycles. The minimum atomic E-state index is -2.92. The van der Waals surface area contributed by atoms with Crippen LogP contribution in [-0.2, 0) is 6.42 Å². The summed E-state index contributed by atoms with van der Waals surface area (Å²) >= 11 is 0. The van der Waals surface area contributed by atoms with Gasteiger partial charge in [0.2, 0.25) is 0 Å². The van der Waals surface area contributed by atoms with Gasteiger partial charge in [0.15, 0.2) is 0 Å². The van der Waals surface area contributed by atoms with Crippen LogP contribution >= 0.6 is 0 Å². The third kappa shape index (κ3) is 3.75. The molecule has 1 N–H and O–H groups in total. The summed E-state index contributed by atoms with van der Waals surface area (Å²) < 4.78 is 47.9. The Morgan fingerprint density at radius 1 is 1.26 bits per heavy atom. The molecule has 0 aromatic heterocycles. The number of nitrogens with zero attached hydrogens (tertiary/aromatic N) is 1. The second kappa shape index (κ2) is 7.59. The highest BCUT2D eigenvalue weighted by Gasteiger charge is 2.49. The van der Waals surface area contributed by atoms with Crippen molar-refractivity contribution >= 4 is 11.8 Å². The van der Waals surface area contributed by atoms with E-state index in [4.69, 9.17) is 4.74 Å². The summed E-state index contributed by atoms with van der Waals surface area (Å²) in [7, 11) is 1.43. The van der Waals surface area contributed by atoms with E-state index in [1.165, 1.54) is 24.1 Å². The van der Waals surface area contributed by atoms with Crippen LogP contribution in [0, 0.1) is 19.7 Å². The first-order valence-corrected chi connectivity index (χ1v) is 10.1. The Bertz CT molecular complexity index is 1080. The van der Waals surface area contributed by atoms with Crippen LogP contribution in [0.15, 0.2) is 24.3 Å². The van der Waals surface area contributed by atoms with Crippen LogP contribution in [0.25, 0.3) is 0 Å². The first kappa shape index (κ1) is 21.2. The molecule has 2 aromatic rings. The standard InChI is InChI=1S/C23H23F3N2O3/c1-12-13(2)20-18(22(30)28-11-23(25,26)9-16(28)10-31-20)8-15(12)6-14-4-5-17(19(24)7-14)21(29)27-3/h4-5,7-8,16H,6,9-11H2,1-3H3,(H,27,29)/t16-/m1/s1. The molecule has 8 heteroatoms. The van der Waals surface area contributed by atoms with E-state index in [2.05, 4.69) is 5.32 Å². The number of halogens is 3. The fraction of sp³-hybridized carbons (Fsp3) is 0.391. The summed E-state index contributed by atoms with van der Waals surface area (Å²) in [6, 6.07) is 5.36. The fourth-order valence-corrected chi connectivity index (χ4v) is 4.32. The average Bonchev–Trinajstić information content (AvgIpc) is 2.98. The van der Waals surface area contributed by atoms with Crippen LogP contribution in [-0.4, -0.2) is 48.9 Å². The largest absolute Gasteiger partial charge is 0.490 e. The Morgan fingerprint density at radius 3 is 2.68 bits per heavy atom. The Kier molecular flexibility index (Phi) is 5.19. The molecule has 2 aliphatic heterocycles. The van der Waals surface area contributed by atoms with Crippen LogP contribution in [0.4, 0.5) is 13.2 Å². The maximum Gasteiger partial charge on any atom is 0.267 e. The predicted octanol–water partition coefficient (Wildman–Crippen LogP) is 3.64. The van der Waals surface area contributed by atoms with Crippen LogP contribution in [0.3, 0.4) is 0 Å². The van der Waals surface area contributed by atoms with Crippen molar-refractivity contribution in [2.45, 2.75) is 38.7 Å². The van der Waals surface area contributed by atoms with Gasteiger partial charge in [-0.25, -0.2) is 13.2 Å².